The number of benzene rings is 2. The second kappa shape index (κ2) is 10.6. The normalized spacial score (nSPS) is 20.5. The van der Waals surface area contributed by atoms with Gasteiger partial charge in [0.05, 0.1) is 13.2 Å². The van der Waals surface area contributed by atoms with Crippen molar-refractivity contribution in [1.29, 1.82) is 0 Å². The summed E-state index contributed by atoms with van der Waals surface area (Å²) in [5.41, 5.74) is 1.52. The van der Waals surface area contributed by atoms with Gasteiger partial charge in [0, 0.05) is 5.41 Å². The van der Waals surface area contributed by atoms with E-state index in [2.05, 4.69) is 64.5 Å². The topological polar surface area (TPSA) is 43.2 Å². The van der Waals surface area contributed by atoms with Crippen LogP contribution in [-0.2, 0) is 0 Å². The molecule has 1 heterocycles. The van der Waals surface area contributed by atoms with Crippen LogP contribution in [0.5, 0.6) is 11.5 Å². The molecule has 2 aromatic rings. The van der Waals surface area contributed by atoms with Crippen LogP contribution in [0.15, 0.2) is 58.5 Å². The first kappa shape index (κ1) is 25.1. The molecular weight excluding hydrogens is 408 g/mol. The van der Waals surface area contributed by atoms with Crippen LogP contribution in [0.1, 0.15) is 61.3 Å². The van der Waals surface area contributed by atoms with Crippen LogP contribution in [0.25, 0.3) is 0 Å². The molecule has 1 aliphatic heterocycles. The highest BCUT2D eigenvalue weighted by Gasteiger charge is 2.44. The number of rotatable bonds is 5. The van der Waals surface area contributed by atoms with Crippen LogP contribution < -0.4 is 9.47 Å². The number of fused-ring (bicyclic) bond motifs is 2. The lowest BCUT2D eigenvalue weighted by Gasteiger charge is -2.46. The molecule has 0 saturated heterocycles. The van der Waals surface area contributed by atoms with Gasteiger partial charge in [-0.1, -0.05) is 72.7 Å². The summed E-state index contributed by atoms with van der Waals surface area (Å²) in [6, 6.07) is 18.6. The minimum Gasteiger partial charge on any atom is -0.491 e. The summed E-state index contributed by atoms with van der Waals surface area (Å²) in [5.74, 6) is 2.91. The van der Waals surface area contributed by atoms with E-state index in [0.717, 1.165) is 35.7 Å². The lowest BCUT2D eigenvalue weighted by atomic mass is 9.62. The van der Waals surface area contributed by atoms with Crippen molar-refractivity contribution in [2.45, 2.75) is 61.3 Å². The van der Waals surface area contributed by atoms with Gasteiger partial charge >= 0.3 is 0 Å². The third kappa shape index (κ3) is 6.48. The summed E-state index contributed by atoms with van der Waals surface area (Å²) in [4.78, 5) is 8.94. The van der Waals surface area contributed by atoms with Crippen molar-refractivity contribution in [2.24, 2.45) is 38.6 Å². The fourth-order valence-corrected chi connectivity index (χ4v) is 5.06. The minimum absolute atomic E-state index is 0.176. The van der Waals surface area contributed by atoms with Crippen molar-refractivity contribution in [2.75, 3.05) is 13.2 Å². The van der Waals surface area contributed by atoms with Crippen molar-refractivity contribution in [3.8, 4) is 11.5 Å². The first-order valence-electron chi connectivity index (χ1n) is 12.2. The van der Waals surface area contributed by atoms with Crippen molar-refractivity contribution in [1.82, 2.24) is 0 Å². The molecule has 2 aromatic carbocycles. The molecule has 0 saturated carbocycles. The molecule has 4 nitrogen and oxygen atoms in total. The smallest absolute Gasteiger partial charge is 0.145 e. The monoisotopic (exact) mass is 448 g/mol. The van der Waals surface area contributed by atoms with Gasteiger partial charge in [0.2, 0.25) is 0 Å². The molecule has 0 amide bonds. The second-order valence-electron chi connectivity index (χ2n) is 11.3. The zero-order valence-corrected chi connectivity index (χ0v) is 21.4. The Bertz CT molecular complexity index is 928. The molecule has 0 spiro atoms. The quantitative estimate of drug-likeness (QED) is 0.461. The summed E-state index contributed by atoms with van der Waals surface area (Å²) in [6.45, 7) is 17.4. The summed E-state index contributed by atoms with van der Waals surface area (Å²) >= 11 is 0. The Morgan fingerprint density at radius 1 is 0.818 bits per heavy atom. The van der Waals surface area contributed by atoms with E-state index in [-0.39, 0.29) is 10.8 Å². The van der Waals surface area contributed by atoms with Gasteiger partial charge in [-0.05, 0) is 60.3 Å². The van der Waals surface area contributed by atoms with Crippen LogP contribution in [0.3, 0.4) is 0 Å². The molecule has 2 atom stereocenters. The number of aliphatic imine (C=N–C) groups is 2. The first-order chi connectivity index (χ1) is 15.6. The Labute approximate surface area is 200 Å². The summed E-state index contributed by atoms with van der Waals surface area (Å²) in [7, 11) is 0. The molecule has 0 aromatic heterocycles. The van der Waals surface area contributed by atoms with Crippen LogP contribution >= 0.6 is 0 Å². The van der Waals surface area contributed by atoms with Crippen molar-refractivity contribution < 1.29 is 9.47 Å². The van der Waals surface area contributed by atoms with Crippen LogP contribution in [0.2, 0.25) is 0 Å². The van der Waals surface area contributed by atoms with Crippen molar-refractivity contribution in [3.05, 3.63) is 48.5 Å². The van der Waals surface area contributed by atoms with Gasteiger partial charge in [-0.3, -0.25) is 0 Å². The highest BCUT2D eigenvalue weighted by molar-refractivity contribution is 5.64. The molecule has 0 bridgehead atoms. The van der Waals surface area contributed by atoms with E-state index in [1.165, 1.54) is 0 Å². The standard InChI is InChI=1S/C29H40N2O2/c1-21(2)16-22(3)29(23(4)17-28(5,6)7)18-32-26-14-10-8-12-24(26)30-20-31-25-13-9-11-15-27(25)33-19-29/h8-15,21-23H,16-19H2,1-7H3. The SMILES string of the molecule is CC(C)CC(C)C1(C(C)CC(C)(C)C)COc2ccccc2N=C=Nc2ccccc2OC1. The van der Waals surface area contributed by atoms with Gasteiger partial charge in [-0.15, -0.1) is 0 Å². The van der Waals surface area contributed by atoms with E-state index >= 15 is 0 Å². The molecule has 178 valence electrons. The predicted molar refractivity (Wildman–Crippen MR) is 137 cm³/mol. The Morgan fingerprint density at radius 3 is 1.76 bits per heavy atom. The predicted octanol–water partition coefficient (Wildman–Crippen LogP) is 8.34. The highest BCUT2D eigenvalue weighted by atomic mass is 16.5. The molecule has 4 heteroatoms. The Morgan fingerprint density at radius 2 is 1.30 bits per heavy atom. The first-order valence-corrected chi connectivity index (χ1v) is 12.2. The van der Waals surface area contributed by atoms with E-state index in [1.54, 1.807) is 0 Å². The van der Waals surface area contributed by atoms with E-state index in [1.807, 2.05) is 48.5 Å². The zero-order valence-electron chi connectivity index (χ0n) is 21.4. The Kier molecular flexibility index (Phi) is 8.02. The number of nitrogens with zero attached hydrogens (tertiary/aromatic N) is 2. The summed E-state index contributed by atoms with van der Waals surface area (Å²) in [5, 5.41) is 0. The van der Waals surface area contributed by atoms with E-state index in [4.69, 9.17) is 9.47 Å². The lowest BCUT2D eigenvalue weighted by molar-refractivity contribution is -0.0348. The Balaban J connectivity index is 2.13. The van der Waals surface area contributed by atoms with Crippen LogP contribution in [0.4, 0.5) is 11.4 Å². The molecule has 2 unspecified atom stereocenters. The summed E-state index contributed by atoms with van der Waals surface area (Å²) < 4.78 is 13.1. The van der Waals surface area contributed by atoms with E-state index in [9.17, 15) is 0 Å². The number of hydrogen-bond donors (Lipinski definition) is 0. The molecule has 1 aliphatic rings. The third-order valence-electron chi connectivity index (χ3n) is 6.77. The van der Waals surface area contributed by atoms with Gasteiger partial charge in [-0.25, -0.2) is 0 Å². The van der Waals surface area contributed by atoms with Crippen LogP contribution in [-0.4, -0.2) is 19.2 Å². The minimum atomic E-state index is -0.176. The maximum atomic E-state index is 6.55. The molecule has 0 aliphatic carbocycles. The maximum absolute atomic E-state index is 6.55. The molecule has 3 rings (SSSR count). The third-order valence-corrected chi connectivity index (χ3v) is 6.77. The Hall–Kier alpha value is -2.58. The van der Waals surface area contributed by atoms with Crippen LogP contribution in [0, 0.1) is 28.6 Å². The second-order valence-corrected chi connectivity index (χ2v) is 11.3. The molecule has 33 heavy (non-hydrogen) atoms. The van der Waals surface area contributed by atoms with Crippen molar-refractivity contribution >= 4 is 17.4 Å². The number of ether oxygens (including phenoxy) is 2. The largest absolute Gasteiger partial charge is 0.491 e. The lowest BCUT2D eigenvalue weighted by Crippen LogP contribution is -2.47. The van der Waals surface area contributed by atoms with Gasteiger partial charge < -0.3 is 9.47 Å². The average Bonchev–Trinajstić information content (AvgIpc) is 2.73. The van der Waals surface area contributed by atoms with Crippen molar-refractivity contribution in [3.63, 3.8) is 0 Å². The molecular formula is C29H40N2O2. The van der Waals surface area contributed by atoms with Gasteiger partial charge in [0.15, 0.2) is 0 Å². The number of para-hydroxylation sites is 4. The fourth-order valence-electron chi connectivity index (χ4n) is 5.06. The average molecular weight is 449 g/mol. The van der Waals surface area contributed by atoms with E-state index in [0.29, 0.717) is 31.0 Å². The van der Waals surface area contributed by atoms with Gasteiger partial charge in [-0.2, -0.15) is 9.98 Å². The maximum Gasteiger partial charge on any atom is 0.145 e. The van der Waals surface area contributed by atoms with Gasteiger partial charge in [0.25, 0.3) is 0 Å². The fraction of sp³-hybridized carbons (Fsp3) is 0.552. The molecule has 0 radical (unpaired) electrons. The highest BCUT2D eigenvalue weighted by Crippen LogP contribution is 2.46. The van der Waals surface area contributed by atoms with E-state index < -0.39 is 0 Å². The zero-order chi connectivity index (χ0) is 24.1. The molecule has 0 N–H and O–H groups in total. The molecule has 0 fully saturated rings. The number of hydrogen-bond acceptors (Lipinski definition) is 4. The summed E-state index contributed by atoms with van der Waals surface area (Å²) in [6.07, 6.45) is 2.20. The van der Waals surface area contributed by atoms with Gasteiger partial charge in [0.1, 0.15) is 28.9 Å².